The van der Waals surface area contributed by atoms with Crippen molar-refractivity contribution in [2.45, 2.75) is 70.9 Å². The zero-order valence-electron chi connectivity index (χ0n) is 60.5. The van der Waals surface area contributed by atoms with Crippen LogP contribution >= 0.6 is 11.3 Å². The molecule has 17 heteroatoms. The molecule has 0 radical (unpaired) electrons. The number of carbonyl (C=O) groups is 8. The Hall–Kier alpha value is -12.7. The fourth-order valence-electron chi connectivity index (χ4n) is 15.5. The molecule has 0 saturated carbocycles. The van der Waals surface area contributed by atoms with Gasteiger partial charge in [0, 0.05) is 50.8 Å². The number of hydrogen-bond acceptors (Lipinski definition) is 10. The minimum atomic E-state index is -4.43. The minimum absolute atomic E-state index is 0.0460. The van der Waals surface area contributed by atoms with Gasteiger partial charge in [0.05, 0.1) is 29.4 Å². The zero-order valence-corrected chi connectivity index (χ0v) is 61.3. The number of alkyl halides is 3. The van der Waals surface area contributed by atoms with Gasteiger partial charge in [-0.05, 0) is 221 Å². The number of methoxy groups -OCH3 is 1. The second-order valence-electron chi connectivity index (χ2n) is 28.2. The van der Waals surface area contributed by atoms with Crippen LogP contribution in [0.4, 0.5) is 13.2 Å². The summed E-state index contributed by atoms with van der Waals surface area (Å²) in [5, 5.41) is 36.1. The Morgan fingerprint density at radius 2 is 0.748 bits per heavy atom. The van der Waals surface area contributed by atoms with Crippen LogP contribution in [0.2, 0.25) is 0 Å². The van der Waals surface area contributed by atoms with Crippen LogP contribution in [0.25, 0.3) is 44.5 Å². The molecule has 0 spiro atoms. The van der Waals surface area contributed by atoms with Crippen molar-refractivity contribution in [2.75, 3.05) is 7.11 Å². The van der Waals surface area contributed by atoms with Gasteiger partial charge in [-0.2, -0.15) is 13.2 Å². The van der Waals surface area contributed by atoms with E-state index in [9.17, 15) is 51.5 Å². The number of aromatic carboxylic acids is 4. The summed E-state index contributed by atoms with van der Waals surface area (Å²) in [4.78, 5) is 97.0. The molecular formula is C94H75F3O13S. The maximum absolute atomic E-state index is 13.1. The van der Waals surface area contributed by atoms with E-state index in [1.165, 1.54) is 17.7 Å². The Labute approximate surface area is 643 Å². The van der Waals surface area contributed by atoms with Gasteiger partial charge < -0.3 is 25.2 Å². The summed E-state index contributed by atoms with van der Waals surface area (Å²) < 4.78 is 44.6. The van der Waals surface area contributed by atoms with Crippen LogP contribution in [0.3, 0.4) is 0 Å². The van der Waals surface area contributed by atoms with Crippen LogP contribution in [0.5, 0.6) is 5.75 Å². The molecule has 13 nitrogen and oxygen atoms in total. The van der Waals surface area contributed by atoms with E-state index in [1.807, 2.05) is 91.0 Å². The Kier molecular flexibility index (Phi) is 23.0. The van der Waals surface area contributed by atoms with Gasteiger partial charge >= 0.3 is 30.1 Å². The van der Waals surface area contributed by atoms with Gasteiger partial charge in [-0.25, -0.2) is 19.2 Å². The lowest BCUT2D eigenvalue weighted by atomic mass is 9.78. The Balaban J connectivity index is 0.000000130. The summed E-state index contributed by atoms with van der Waals surface area (Å²) in [6.45, 7) is 2.07. The van der Waals surface area contributed by atoms with Gasteiger partial charge in [0.15, 0.2) is 23.1 Å². The van der Waals surface area contributed by atoms with Crippen molar-refractivity contribution < 1.29 is 76.7 Å². The largest absolute Gasteiger partial charge is 0.497 e. The third kappa shape index (κ3) is 17.4. The highest BCUT2D eigenvalue weighted by molar-refractivity contribution is 7.13. The lowest BCUT2D eigenvalue weighted by Crippen LogP contribution is -2.24. The molecule has 556 valence electrons. The van der Waals surface area contributed by atoms with Crippen molar-refractivity contribution in [3.05, 3.63) is 360 Å². The highest BCUT2D eigenvalue weighted by Crippen LogP contribution is 2.42. The quantitative estimate of drug-likeness (QED) is 0.0666. The normalized spacial score (nSPS) is 15.8. The highest BCUT2D eigenvalue weighted by Gasteiger charge is 2.37. The molecular weight excluding hydrogens is 1430 g/mol. The number of ketones is 4. The van der Waals surface area contributed by atoms with Crippen molar-refractivity contribution in [1.82, 2.24) is 0 Å². The smallest absolute Gasteiger partial charge is 0.416 e. The number of hydrogen-bond donors (Lipinski definition) is 4. The second kappa shape index (κ2) is 33.4. The first-order chi connectivity index (χ1) is 53.5. The Morgan fingerprint density at radius 1 is 0.378 bits per heavy atom. The summed E-state index contributed by atoms with van der Waals surface area (Å²) in [6.07, 6.45) is 1.16. The van der Waals surface area contributed by atoms with Crippen LogP contribution in [0.1, 0.15) is 144 Å². The van der Waals surface area contributed by atoms with E-state index < -0.39 is 35.6 Å². The molecule has 0 saturated heterocycles. The number of rotatable bonds is 17. The first-order valence-corrected chi connectivity index (χ1v) is 37.2. The average Bonchev–Trinajstić information content (AvgIpc) is 1.73. The maximum Gasteiger partial charge on any atom is 0.416 e. The fourth-order valence-corrected chi connectivity index (χ4v) is 16.4. The summed E-state index contributed by atoms with van der Waals surface area (Å²) in [5.41, 5.74) is 19.0. The molecule has 111 heavy (non-hydrogen) atoms. The number of thiophene rings is 1. The molecule has 0 fully saturated rings. The SMILES string of the molecule is COc1cccc(-c2cccc3c2CC(Cc2ccc(C(=O)O)cc2)C3=O)c1.Cc1cccc(-c2cccc3c2CC(Cc2ccc(C(=O)O)cc2)C3=O)c1.O=C(O)c1ccc(CC2CCc3c(cccc3-c3cccc(C(F)(F)F)c3)C2=O)s1.O=C(O)c1ccc(CC2Cc3c(cccc3-c3ccccc3)C2=O)cc1. The van der Waals surface area contributed by atoms with Crippen molar-refractivity contribution in [2.24, 2.45) is 23.7 Å². The first-order valence-electron chi connectivity index (χ1n) is 36.3. The molecule has 4 aliphatic carbocycles. The molecule has 4 N–H and O–H groups in total. The van der Waals surface area contributed by atoms with Crippen molar-refractivity contribution in [1.29, 1.82) is 0 Å². The number of benzene rings is 11. The number of carbonyl (C=O) groups excluding carboxylic acids is 4. The van der Waals surface area contributed by atoms with E-state index in [0.717, 1.165) is 136 Å². The third-order valence-corrected chi connectivity index (χ3v) is 22.1. The maximum atomic E-state index is 13.1. The van der Waals surface area contributed by atoms with Gasteiger partial charge in [0.25, 0.3) is 0 Å². The third-order valence-electron chi connectivity index (χ3n) is 21.0. The van der Waals surface area contributed by atoms with E-state index in [-0.39, 0.29) is 68.4 Å². The van der Waals surface area contributed by atoms with E-state index in [0.29, 0.717) is 61.6 Å². The van der Waals surface area contributed by atoms with Crippen LogP contribution in [0.15, 0.2) is 261 Å². The number of ether oxygens (including phenoxy) is 1. The minimum Gasteiger partial charge on any atom is -0.497 e. The predicted molar refractivity (Wildman–Crippen MR) is 421 cm³/mol. The molecule has 4 atom stereocenters. The van der Waals surface area contributed by atoms with Gasteiger partial charge in [0.2, 0.25) is 0 Å². The fraction of sp³-hybridized carbons (Fsp3) is 0.170. The summed E-state index contributed by atoms with van der Waals surface area (Å²) in [5.74, 6) is -3.13. The molecule has 12 aromatic rings. The van der Waals surface area contributed by atoms with E-state index >= 15 is 0 Å². The van der Waals surface area contributed by atoms with Gasteiger partial charge in [-0.3, -0.25) is 19.2 Å². The van der Waals surface area contributed by atoms with Crippen molar-refractivity contribution in [3.8, 4) is 50.3 Å². The number of Topliss-reactive ketones (excluding diaryl/α,β-unsaturated/α-hetero) is 4. The van der Waals surface area contributed by atoms with E-state index in [2.05, 4.69) is 49.4 Å². The van der Waals surface area contributed by atoms with Crippen LogP contribution in [-0.4, -0.2) is 74.5 Å². The molecule has 11 aromatic carbocycles. The van der Waals surface area contributed by atoms with Crippen LogP contribution in [0, 0.1) is 30.6 Å². The molecule has 16 rings (SSSR count). The molecule has 0 bridgehead atoms. The monoisotopic (exact) mass is 1500 g/mol. The summed E-state index contributed by atoms with van der Waals surface area (Å²) >= 11 is 1.16. The standard InChI is InChI=1S/C24H20O4.C24H20O3.C23H17F3O3S.C23H18O3/c1-28-19-5-2-4-17(13-19)20-6-3-7-21-22(20)14-18(23(21)25)12-15-8-10-16(11-9-15)24(26)27;1-15-4-2-5-18(12-15)20-6-3-7-21-22(20)14-19(23(21)25)13-16-8-10-17(11-9-16)24(26)27;24-23(25,26)15-4-1-3-13(11-15)17-5-2-6-19-18(17)9-7-14(21(19)27)12-16-8-10-20(30-16)22(28)29;24-22-18(13-15-9-11-17(12-10-15)23(25)26)14-21-19(7-4-8-20(21)22)16-5-2-1-3-6-16/h2-11,13,18H,12,14H2,1H3,(H,26,27);2-12,19H,13-14H2,1H3,(H,26,27);1-6,8,10-11,14H,7,9,12H2,(H,28,29);1-12,18H,13-14H2,(H,25,26). The van der Waals surface area contributed by atoms with Crippen LogP contribution in [-0.2, 0) is 57.5 Å². The number of carboxylic acids is 4. The molecule has 0 amide bonds. The molecule has 4 unspecified atom stereocenters. The average molecular weight is 1500 g/mol. The van der Waals surface area contributed by atoms with Crippen molar-refractivity contribution in [3.63, 3.8) is 0 Å². The highest BCUT2D eigenvalue weighted by atomic mass is 32.1. The number of halogens is 3. The van der Waals surface area contributed by atoms with Gasteiger partial charge in [0.1, 0.15) is 10.6 Å². The van der Waals surface area contributed by atoms with Crippen LogP contribution < -0.4 is 4.74 Å². The first kappa shape index (κ1) is 76.5. The van der Waals surface area contributed by atoms with Gasteiger partial charge in [-0.1, -0.05) is 194 Å². The second-order valence-corrected chi connectivity index (χ2v) is 29.3. The summed E-state index contributed by atoms with van der Waals surface area (Å²) in [7, 11) is 1.64. The number of fused-ring (bicyclic) bond motifs is 4. The molecule has 1 aromatic heterocycles. The Morgan fingerprint density at radius 3 is 1.16 bits per heavy atom. The van der Waals surface area contributed by atoms with Gasteiger partial charge in [-0.15, -0.1) is 11.3 Å². The molecule has 4 aliphatic rings. The summed E-state index contributed by atoms with van der Waals surface area (Å²) in [6, 6.07) is 78.1. The number of aryl methyl sites for hydroxylation is 1. The lowest BCUT2D eigenvalue weighted by molar-refractivity contribution is -0.137. The zero-order chi connectivity index (χ0) is 78.2. The molecule has 1 heterocycles. The predicted octanol–water partition coefficient (Wildman–Crippen LogP) is 20.4. The topological polar surface area (TPSA) is 227 Å². The number of carboxylic acid groups (broad SMARTS) is 4. The van der Waals surface area contributed by atoms with E-state index in [1.54, 1.807) is 110 Å². The molecule has 0 aliphatic heterocycles. The van der Waals surface area contributed by atoms with E-state index in [4.69, 9.17) is 25.2 Å². The lowest BCUT2D eigenvalue weighted by Gasteiger charge is -2.25. The van der Waals surface area contributed by atoms with Crippen molar-refractivity contribution >= 4 is 58.3 Å². The Bertz CT molecular complexity index is 5570.